The molecular weight excluding hydrogens is 370 g/mol. The van der Waals surface area contributed by atoms with Gasteiger partial charge < -0.3 is 21.3 Å². The molecule has 0 saturated carbocycles. The third kappa shape index (κ3) is 6.28. The molecule has 10 heteroatoms. The Bertz CT molecular complexity index is 903. The van der Waals surface area contributed by atoms with Crippen molar-refractivity contribution in [2.75, 3.05) is 5.32 Å². The number of aliphatic carboxylic acids is 2. The van der Waals surface area contributed by atoms with Gasteiger partial charge in [0.05, 0.1) is 22.2 Å². The first-order valence-electron chi connectivity index (χ1n) is 7.93. The van der Waals surface area contributed by atoms with Crippen molar-refractivity contribution < 1.29 is 19.8 Å². The lowest BCUT2D eigenvalue weighted by atomic mass is 10.2. The molecule has 9 nitrogen and oxygen atoms in total. The van der Waals surface area contributed by atoms with Gasteiger partial charge in [-0.1, -0.05) is 12.1 Å². The van der Waals surface area contributed by atoms with Crippen LogP contribution in [0.3, 0.4) is 0 Å². The zero-order chi connectivity index (χ0) is 19.8. The number of rotatable bonds is 6. The Morgan fingerprint density at radius 3 is 2.48 bits per heavy atom. The highest BCUT2D eigenvalue weighted by Crippen LogP contribution is 2.09. The van der Waals surface area contributed by atoms with Crippen LogP contribution in [0.5, 0.6) is 0 Å². The molecule has 142 valence electrons. The maximum Gasteiger partial charge on any atom is 0.325 e. The van der Waals surface area contributed by atoms with E-state index in [9.17, 15) is 9.59 Å². The van der Waals surface area contributed by atoms with Gasteiger partial charge in [-0.15, -0.1) is 11.3 Å². The van der Waals surface area contributed by atoms with Gasteiger partial charge in [-0.2, -0.15) is 0 Å². The van der Waals surface area contributed by atoms with Crippen LogP contribution in [0.2, 0.25) is 0 Å². The van der Waals surface area contributed by atoms with E-state index in [2.05, 4.69) is 20.3 Å². The van der Waals surface area contributed by atoms with Crippen LogP contribution < -0.4 is 11.1 Å². The number of carbonyl (C=O) groups is 2. The Morgan fingerprint density at radius 1 is 1.19 bits per heavy atom. The number of hydrogen-bond donors (Lipinski definition) is 4. The first-order chi connectivity index (χ1) is 12.9. The Hall–Kier alpha value is -3.11. The van der Waals surface area contributed by atoms with Gasteiger partial charge in [-0.25, -0.2) is 9.97 Å². The summed E-state index contributed by atoms with van der Waals surface area (Å²) in [6, 6.07) is 5.89. The van der Waals surface area contributed by atoms with Crippen LogP contribution in [0.25, 0.3) is 11.0 Å². The molecular formula is C17H19N5O4S. The summed E-state index contributed by atoms with van der Waals surface area (Å²) in [6.45, 7) is 1.57. The second-order valence-corrected chi connectivity index (χ2v) is 6.30. The van der Waals surface area contributed by atoms with Crippen LogP contribution in [0.1, 0.15) is 12.6 Å². The minimum atomic E-state index is -1.03. The lowest BCUT2D eigenvalue weighted by Crippen LogP contribution is -2.32. The average Bonchev–Trinajstić information content (AvgIpc) is 3.15. The number of nitrogens with zero attached hydrogens (tertiary/aromatic N) is 3. The van der Waals surface area contributed by atoms with E-state index in [4.69, 9.17) is 15.9 Å². The topological polar surface area (TPSA) is 151 Å². The van der Waals surface area contributed by atoms with Crippen LogP contribution in [0.4, 0.5) is 5.82 Å². The normalized spacial score (nSPS) is 12.5. The standard InChI is InChI=1S/C11H11N3O2.C6H8N2O2S/c12-8(11(15)16)5-7-6-13-9-3-1-2-4-10(9)14-7;1-4(6(9)10)8-5-2-11-3-7-5/h1-4,6,8H,5,12H2,(H,15,16);2-4,8H,1H3,(H,9,10)/t8-;4-/m00/s1. The molecule has 0 spiro atoms. The number of benzene rings is 1. The Balaban J connectivity index is 0.000000208. The summed E-state index contributed by atoms with van der Waals surface area (Å²) in [5.74, 6) is -1.29. The van der Waals surface area contributed by atoms with Crippen molar-refractivity contribution in [2.45, 2.75) is 25.4 Å². The number of nitrogens with one attached hydrogen (secondary N) is 1. The molecule has 2 aromatic heterocycles. The van der Waals surface area contributed by atoms with Gasteiger partial charge in [0.25, 0.3) is 0 Å². The van der Waals surface area contributed by atoms with Crippen molar-refractivity contribution in [1.82, 2.24) is 15.0 Å². The van der Waals surface area contributed by atoms with E-state index in [1.54, 1.807) is 24.0 Å². The Labute approximate surface area is 158 Å². The number of aromatic nitrogens is 3. The molecule has 0 amide bonds. The van der Waals surface area contributed by atoms with E-state index >= 15 is 0 Å². The molecule has 2 atom stereocenters. The van der Waals surface area contributed by atoms with Crippen LogP contribution >= 0.6 is 11.3 Å². The fourth-order valence-electron chi connectivity index (χ4n) is 1.97. The van der Waals surface area contributed by atoms with E-state index in [-0.39, 0.29) is 6.42 Å². The molecule has 0 bridgehead atoms. The highest BCUT2D eigenvalue weighted by Gasteiger charge is 2.13. The molecule has 0 unspecified atom stereocenters. The molecule has 0 aliphatic rings. The van der Waals surface area contributed by atoms with Gasteiger partial charge in [-0.05, 0) is 19.1 Å². The second kappa shape index (κ2) is 9.55. The molecule has 0 aliphatic carbocycles. The summed E-state index contributed by atoms with van der Waals surface area (Å²) in [6.07, 6.45) is 1.75. The van der Waals surface area contributed by atoms with Crippen molar-refractivity contribution in [2.24, 2.45) is 5.73 Å². The second-order valence-electron chi connectivity index (χ2n) is 5.58. The predicted molar refractivity (Wildman–Crippen MR) is 102 cm³/mol. The van der Waals surface area contributed by atoms with Crippen molar-refractivity contribution in [3.63, 3.8) is 0 Å². The minimum Gasteiger partial charge on any atom is -0.480 e. The number of carboxylic acid groups (broad SMARTS) is 2. The quantitative estimate of drug-likeness (QED) is 0.492. The van der Waals surface area contributed by atoms with Crippen molar-refractivity contribution in [1.29, 1.82) is 0 Å². The number of carboxylic acids is 2. The van der Waals surface area contributed by atoms with Crippen LogP contribution in [-0.4, -0.2) is 49.2 Å². The first-order valence-corrected chi connectivity index (χ1v) is 8.87. The van der Waals surface area contributed by atoms with Gasteiger partial charge in [0.15, 0.2) is 0 Å². The molecule has 0 fully saturated rings. The van der Waals surface area contributed by atoms with Gasteiger partial charge >= 0.3 is 11.9 Å². The van der Waals surface area contributed by atoms with Crippen molar-refractivity contribution in [3.05, 3.63) is 47.0 Å². The number of para-hydroxylation sites is 2. The monoisotopic (exact) mass is 389 g/mol. The predicted octanol–water partition coefficient (Wildman–Crippen LogP) is 1.61. The largest absolute Gasteiger partial charge is 0.480 e. The maximum absolute atomic E-state index is 10.6. The van der Waals surface area contributed by atoms with E-state index in [0.717, 1.165) is 11.0 Å². The van der Waals surface area contributed by atoms with Crippen molar-refractivity contribution in [3.8, 4) is 0 Å². The lowest BCUT2D eigenvalue weighted by Gasteiger charge is -2.06. The summed E-state index contributed by atoms with van der Waals surface area (Å²) < 4.78 is 0. The average molecular weight is 389 g/mol. The third-order valence-electron chi connectivity index (χ3n) is 3.41. The number of anilines is 1. The zero-order valence-corrected chi connectivity index (χ0v) is 15.3. The molecule has 0 radical (unpaired) electrons. The number of fused-ring (bicyclic) bond motifs is 1. The summed E-state index contributed by atoms with van der Waals surface area (Å²) in [5.41, 5.74) is 9.20. The number of hydrogen-bond acceptors (Lipinski definition) is 8. The molecule has 0 saturated heterocycles. The van der Waals surface area contributed by atoms with Gasteiger partial charge in [0, 0.05) is 18.0 Å². The first kappa shape index (κ1) is 20.2. The van der Waals surface area contributed by atoms with Crippen LogP contribution in [-0.2, 0) is 16.0 Å². The molecule has 27 heavy (non-hydrogen) atoms. The molecule has 5 N–H and O–H groups in total. The van der Waals surface area contributed by atoms with Gasteiger partial charge in [0.1, 0.15) is 17.9 Å². The molecule has 1 aromatic carbocycles. The summed E-state index contributed by atoms with van der Waals surface area (Å²) in [4.78, 5) is 33.3. The van der Waals surface area contributed by atoms with E-state index in [0.29, 0.717) is 11.5 Å². The van der Waals surface area contributed by atoms with E-state index < -0.39 is 24.0 Å². The molecule has 3 aromatic rings. The van der Waals surface area contributed by atoms with E-state index in [1.807, 2.05) is 24.3 Å². The summed E-state index contributed by atoms with van der Waals surface area (Å²) in [5, 5.41) is 21.7. The number of thiazole rings is 1. The van der Waals surface area contributed by atoms with E-state index in [1.165, 1.54) is 11.3 Å². The van der Waals surface area contributed by atoms with Gasteiger partial charge in [0.2, 0.25) is 0 Å². The van der Waals surface area contributed by atoms with Gasteiger partial charge in [-0.3, -0.25) is 14.6 Å². The number of nitrogens with two attached hydrogens (primary N) is 1. The summed E-state index contributed by atoms with van der Waals surface area (Å²) >= 11 is 1.43. The maximum atomic E-state index is 10.6. The SMILES string of the molecule is C[C@H](Nc1cscn1)C(=O)O.N[C@@H](Cc1cnc2ccccc2n1)C(=O)O. The fraction of sp³-hybridized carbons (Fsp3) is 0.235. The lowest BCUT2D eigenvalue weighted by molar-refractivity contribution is -0.139. The molecule has 0 aliphatic heterocycles. The fourth-order valence-corrected chi connectivity index (χ4v) is 2.47. The third-order valence-corrected chi connectivity index (χ3v) is 4.00. The van der Waals surface area contributed by atoms with Crippen molar-refractivity contribution >= 4 is 40.1 Å². The summed E-state index contributed by atoms with van der Waals surface area (Å²) in [7, 11) is 0. The minimum absolute atomic E-state index is 0.188. The Morgan fingerprint density at radius 2 is 1.89 bits per heavy atom. The molecule has 3 rings (SSSR count). The highest BCUT2D eigenvalue weighted by molar-refractivity contribution is 7.07. The smallest absolute Gasteiger partial charge is 0.325 e. The van der Waals surface area contributed by atoms with Crippen LogP contribution in [0.15, 0.2) is 41.4 Å². The Kier molecular flexibility index (Phi) is 7.15. The van der Waals surface area contributed by atoms with Crippen LogP contribution in [0, 0.1) is 0 Å². The highest BCUT2D eigenvalue weighted by atomic mass is 32.1. The zero-order valence-electron chi connectivity index (χ0n) is 14.4. The molecule has 2 heterocycles.